The molecule has 0 bridgehead atoms. The molecule has 0 amide bonds. The van der Waals surface area contributed by atoms with Gasteiger partial charge in [-0.05, 0) is 31.9 Å². The second-order valence-electron chi connectivity index (χ2n) is 5.86. The Bertz CT molecular complexity index is 804. The molecule has 8 heteroatoms. The Balaban J connectivity index is 1.90. The Morgan fingerprint density at radius 3 is 2.62 bits per heavy atom. The summed E-state index contributed by atoms with van der Waals surface area (Å²) in [5, 5.41) is 0. The minimum absolute atomic E-state index is 0.189. The van der Waals surface area contributed by atoms with E-state index in [1.807, 2.05) is 18.2 Å². The number of hydrogen-bond donors (Lipinski definition) is 0. The van der Waals surface area contributed by atoms with E-state index in [1.165, 1.54) is 8.61 Å². The summed E-state index contributed by atoms with van der Waals surface area (Å²) in [4.78, 5) is 13.0. The zero-order valence-electron chi connectivity index (χ0n) is 13.9. The van der Waals surface area contributed by atoms with Crippen molar-refractivity contribution in [1.29, 1.82) is 0 Å². The molecule has 0 aliphatic carbocycles. The van der Waals surface area contributed by atoms with Gasteiger partial charge in [-0.2, -0.15) is 17.0 Å². The number of hydrogen-bond acceptors (Lipinski definition) is 5. The van der Waals surface area contributed by atoms with Crippen molar-refractivity contribution in [3.8, 4) is 11.3 Å². The molecule has 0 N–H and O–H groups in total. The van der Waals surface area contributed by atoms with E-state index in [0.717, 1.165) is 24.1 Å². The van der Waals surface area contributed by atoms with Gasteiger partial charge in [0, 0.05) is 38.1 Å². The molecular weight excluding hydrogens is 326 g/mol. The van der Waals surface area contributed by atoms with Gasteiger partial charge in [0.25, 0.3) is 10.2 Å². The molecule has 24 heavy (non-hydrogen) atoms. The Morgan fingerprint density at radius 2 is 1.96 bits per heavy atom. The number of rotatable bonds is 5. The summed E-state index contributed by atoms with van der Waals surface area (Å²) in [6, 6.07) is 5.59. The highest BCUT2D eigenvalue weighted by atomic mass is 32.2. The lowest BCUT2D eigenvalue weighted by Crippen LogP contribution is -2.40. The maximum atomic E-state index is 12.7. The van der Waals surface area contributed by atoms with Gasteiger partial charge < -0.3 is 0 Å². The molecule has 3 heterocycles. The van der Waals surface area contributed by atoms with E-state index in [-0.39, 0.29) is 6.54 Å². The van der Waals surface area contributed by atoms with Crippen molar-refractivity contribution in [3.05, 3.63) is 42.1 Å². The van der Waals surface area contributed by atoms with E-state index in [1.54, 1.807) is 26.4 Å². The van der Waals surface area contributed by atoms with Gasteiger partial charge in [-0.25, -0.2) is 9.97 Å². The van der Waals surface area contributed by atoms with Crippen LogP contribution in [0.5, 0.6) is 0 Å². The summed E-state index contributed by atoms with van der Waals surface area (Å²) < 4.78 is 28.2. The van der Waals surface area contributed by atoms with Crippen LogP contribution in [-0.4, -0.2) is 52.1 Å². The minimum Gasteiger partial charge on any atom is -0.256 e. The van der Waals surface area contributed by atoms with Crippen LogP contribution in [0.15, 0.2) is 30.6 Å². The minimum atomic E-state index is -3.46. The van der Waals surface area contributed by atoms with Crippen molar-refractivity contribution in [2.24, 2.45) is 0 Å². The molecule has 0 saturated carbocycles. The van der Waals surface area contributed by atoms with E-state index in [2.05, 4.69) is 15.0 Å². The third-order valence-corrected chi connectivity index (χ3v) is 6.02. The maximum Gasteiger partial charge on any atom is 0.282 e. The lowest BCUT2D eigenvalue weighted by atomic mass is 10.1. The Hall–Kier alpha value is -1.90. The summed E-state index contributed by atoms with van der Waals surface area (Å²) >= 11 is 0. The van der Waals surface area contributed by atoms with Gasteiger partial charge in [-0.3, -0.25) is 4.98 Å². The molecular formula is C16H21N5O2S. The molecule has 1 aliphatic rings. The lowest BCUT2D eigenvalue weighted by Gasteiger charge is -2.24. The van der Waals surface area contributed by atoms with Crippen molar-refractivity contribution in [2.45, 2.75) is 26.3 Å². The Kier molecular flexibility index (Phi) is 4.88. The lowest BCUT2D eigenvalue weighted by molar-refractivity contribution is 0.389. The molecule has 7 nitrogen and oxygen atoms in total. The second kappa shape index (κ2) is 6.92. The number of nitrogens with zero attached hydrogens (tertiary/aromatic N) is 5. The molecule has 1 saturated heterocycles. The number of aromatic nitrogens is 3. The molecule has 0 unspecified atom stereocenters. The van der Waals surface area contributed by atoms with E-state index in [0.29, 0.717) is 24.6 Å². The normalized spacial score (nSPS) is 16.0. The van der Waals surface area contributed by atoms with E-state index >= 15 is 0 Å². The number of aryl methyl sites for hydroxylation is 1. The van der Waals surface area contributed by atoms with Crippen molar-refractivity contribution in [1.82, 2.24) is 23.6 Å². The van der Waals surface area contributed by atoms with Crippen LogP contribution in [0.2, 0.25) is 0 Å². The zero-order chi connectivity index (χ0) is 17.2. The highest BCUT2D eigenvalue weighted by molar-refractivity contribution is 7.86. The summed E-state index contributed by atoms with van der Waals surface area (Å²) in [7, 11) is -1.87. The topological polar surface area (TPSA) is 79.3 Å². The summed E-state index contributed by atoms with van der Waals surface area (Å²) in [5.41, 5.74) is 2.15. The van der Waals surface area contributed by atoms with Crippen molar-refractivity contribution >= 4 is 10.2 Å². The Morgan fingerprint density at radius 1 is 1.21 bits per heavy atom. The van der Waals surface area contributed by atoms with Crippen LogP contribution in [0.4, 0.5) is 0 Å². The third kappa shape index (κ3) is 3.45. The van der Waals surface area contributed by atoms with Crippen LogP contribution < -0.4 is 0 Å². The molecule has 2 aromatic rings. The first-order valence-electron chi connectivity index (χ1n) is 7.94. The first-order chi connectivity index (χ1) is 11.5. The average molecular weight is 347 g/mol. The zero-order valence-corrected chi connectivity index (χ0v) is 14.7. The fourth-order valence-corrected chi connectivity index (χ4v) is 4.18. The van der Waals surface area contributed by atoms with E-state index < -0.39 is 10.2 Å². The van der Waals surface area contributed by atoms with Crippen molar-refractivity contribution in [2.75, 3.05) is 20.1 Å². The van der Waals surface area contributed by atoms with Crippen LogP contribution in [0.1, 0.15) is 24.4 Å². The molecule has 1 aliphatic heterocycles. The molecule has 2 aromatic heterocycles. The fourth-order valence-electron chi connectivity index (χ4n) is 2.78. The SMILES string of the molecule is Cc1ncc(-c2ccccn2)c(CN(C)S(=O)(=O)N2CCCC2)n1. The van der Waals surface area contributed by atoms with E-state index in [4.69, 9.17) is 0 Å². The molecule has 3 rings (SSSR count). The Labute approximate surface area is 142 Å². The fraction of sp³-hybridized carbons (Fsp3) is 0.438. The van der Waals surface area contributed by atoms with Gasteiger partial charge in [0.15, 0.2) is 0 Å². The van der Waals surface area contributed by atoms with Crippen LogP contribution in [-0.2, 0) is 16.8 Å². The average Bonchev–Trinajstić information content (AvgIpc) is 3.11. The van der Waals surface area contributed by atoms with Gasteiger partial charge in [0.05, 0.1) is 17.9 Å². The van der Waals surface area contributed by atoms with Gasteiger partial charge in [-0.15, -0.1) is 0 Å². The van der Waals surface area contributed by atoms with Gasteiger partial charge in [0.2, 0.25) is 0 Å². The summed E-state index contributed by atoms with van der Waals surface area (Å²) in [6.45, 7) is 3.15. The van der Waals surface area contributed by atoms with Crippen LogP contribution in [0, 0.1) is 6.92 Å². The number of pyridine rings is 1. The quantitative estimate of drug-likeness (QED) is 0.821. The molecule has 0 radical (unpaired) electrons. The third-order valence-electron chi connectivity index (χ3n) is 4.09. The maximum absolute atomic E-state index is 12.7. The predicted octanol–water partition coefficient (Wildman–Crippen LogP) is 1.62. The van der Waals surface area contributed by atoms with Crippen LogP contribution in [0.25, 0.3) is 11.3 Å². The second-order valence-corrected chi connectivity index (χ2v) is 7.90. The summed E-state index contributed by atoms with van der Waals surface area (Å²) in [6.07, 6.45) is 5.23. The van der Waals surface area contributed by atoms with E-state index in [9.17, 15) is 8.42 Å². The van der Waals surface area contributed by atoms with Gasteiger partial charge >= 0.3 is 0 Å². The molecule has 0 atom stereocenters. The van der Waals surface area contributed by atoms with Gasteiger partial charge in [0.1, 0.15) is 5.82 Å². The standard InChI is InChI=1S/C16H21N5O2S/c1-13-18-11-14(15-7-3-4-8-17-15)16(19-13)12-20(2)24(22,23)21-9-5-6-10-21/h3-4,7-8,11H,5-6,9-10,12H2,1-2H3. The highest BCUT2D eigenvalue weighted by Gasteiger charge is 2.30. The van der Waals surface area contributed by atoms with Crippen molar-refractivity contribution in [3.63, 3.8) is 0 Å². The molecule has 0 spiro atoms. The molecule has 0 aromatic carbocycles. The van der Waals surface area contributed by atoms with Crippen molar-refractivity contribution < 1.29 is 8.42 Å². The van der Waals surface area contributed by atoms with Crippen LogP contribution >= 0.6 is 0 Å². The predicted molar refractivity (Wildman–Crippen MR) is 91.2 cm³/mol. The highest BCUT2D eigenvalue weighted by Crippen LogP contribution is 2.23. The molecule has 1 fully saturated rings. The molecule has 128 valence electrons. The van der Waals surface area contributed by atoms with Crippen LogP contribution in [0.3, 0.4) is 0 Å². The first-order valence-corrected chi connectivity index (χ1v) is 9.33. The summed E-state index contributed by atoms with van der Waals surface area (Å²) in [5.74, 6) is 0.608. The monoisotopic (exact) mass is 347 g/mol. The smallest absolute Gasteiger partial charge is 0.256 e. The largest absolute Gasteiger partial charge is 0.282 e. The van der Waals surface area contributed by atoms with Gasteiger partial charge in [-0.1, -0.05) is 6.07 Å². The first kappa shape index (κ1) is 16.9.